The predicted octanol–water partition coefficient (Wildman–Crippen LogP) is 3.27. The number of thiazole rings is 1. The van der Waals surface area contributed by atoms with Gasteiger partial charge in [-0.1, -0.05) is 12.1 Å². The zero-order chi connectivity index (χ0) is 17.3. The van der Waals surface area contributed by atoms with Crippen LogP contribution in [0.5, 0.6) is 11.5 Å². The highest BCUT2D eigenvalue weighted by atomic mass is 32.2. The van der Waals surface area contributed by atoms with Gasteiger partial charge in [0.05, 0.1) is 34.5 Å². The van der Waals surface area contributed by atoms with Gasteiger partial charge in [-0.3, -0.25) is 0 Å². The molecule has 0 aliphatic carbocycles. The summed E-state index contributed by atoms with van der Waals surface area (Å²) in [6, 6.07) is 12.1. The van der Waals surface area contributed by atoms with Gasteiger partial charge in [0.1, 0.15) is 5.01 Å². The van der Waals surface area contributed by atoms with Gasteiger partial charge < -0.3 is 9.47 Å². The molecule has 0 atom stereocenters. The molecule has 1 aromatic heterocycles. The Morgan fingerprint density at radius 2 is 1.88 bits per heavy atom. The molecule has 2 heterocycles. The minimum absolute atomic E-state index is 0.0640. The molecule has 0 amide bonds. The van der Waals surface area contributed by atoms with Crippen LogP contribution in [0, 0.1) is 0 Å². The Morgan fingerprint density at radius 3 is 2.72 bits per heavy atom. The van der Waals surface area contributed by atoms with Crippen LogP contribution in [0.1, 0.15) is 11.4 Å². The fraction of sp³-hybridized carbons (Fsp3) is 0.176. The Morgan fingerprint density at radius 1 is 1.08 bits per heavy atom. The minimum atomic E-state index is -3.84. The first-order chi connectivity index (χ1) is 12.1. The first-order valence-corrected chi connectivity index (χ1v) is 9.93. The van der Waals surface area contributed by atoms with Crippen molar-refractivity contribution >= 4 is 37.8 Å². The smallest absolute Gasteiger partial charge is 0.282 e. The van der Waals surface area contributed by atoms with E-state index >= 15 is 0 Å². The van der Waals surface area contributed by atoms with Gasteiger partial charge in [0.15, 0.2) is 11.5 Å². The third kappa shape index (κ3) is 3.35. The molecule has 0 unspecified atom stereocenters. The summed E-state index contributed by atoms with van der Waals surface area (Å²) in [6.07, 6.45) is 2.04. The SMILES string of the molecule is O=S(=O)(N=Cc1nc2ccccc2s1)c1ccc2c(c1)OCCCO2. The second-order valence-corrected chi connectivity index (χ2v) is 8.08. The van der Waals surface area contributed by atoms with E-state index in [2.05, 4.69) is 9.38 Å². The number of ether oxygens (including phenoxy) is 2. The number of hydrogen-bond donors (Lipinski definition) is 0. The second kappa shape index (κ2) is 6.45. The Balaban J connectivity index is 1.64. The van der Waals surface area contributed by atoms with Crippen LogP contribution in [0.3, 0.4) is 0 Å². The molecule has 2 aromatic carbocycles. The number of rotatable bonds is 3. The van der Waals surface area contributed by atoms with Crippen LogP contribution in [0.15, 0.2) is 51.8 Å². The van der Waals surface area contributed by atoms with E-state index in [-0.39, 0.29) is 4.90 Å². The molecule has 3 aromatic rings. The summed E-state index contributed by atoms with van der Waals surface area (Å²) in [4.78, 5) is 4.42. The molecule has 1 aliphatic heterocycles. The lowest BCUT2D eigenvalue weighted by atomic mass is 10.3. The monoisotopic (exact) mass is 374 g/mol. The van der Waals surface area contributed by atoms with Crippen LogP contribution in [0.2, 0.25) is 0 Å². The largest absolute Gasteiger partial charge is 0.490 e. The topological polar surface area (TPSA) is 77.9 Å². The highest BCUT2D eigenvalue weighted by Crippen LogP contribution is 2.32. The van der Waals surface area contributed by atoms with Crippen LogP contribution in [0.25, 0.3) is 10.2 Å². The van der Waals surface area contributed by atoms with Crippen molar-refractivity contribution in [1.82, 2.24) is 4.98 Å². The van der Waals surface area contributed by atoms with Gasteiger partial charge in [-0.25, -0.2) is 4.98 Å². The lowest BCUT2D eigenvalue weighted by Crippen LogP contribution is -2.00. The Kier molecular flexibility index (Phi) is 4.14. The second-order valence-electron chi connectivity index (χ2n) is 5.39. The molecule has 0 radical (unpaired) electrons. The Labute approximate surface area is 148 Å². The molecule has 4 rings (SSSR count). The van der Waals surface area contributed by atoms with E-state index < -0.39 is 10.0 Å². The van der Waals surface area contributed by atoms with Gasteiger partial charge in [0.25, 0.3) is 10.0 Å². The van der Waals surface area contributed by atoms with Gasteiger partial charge in [0.2, 0.25) is 0 Å². The molecule has 0 fully saturated rings. The molecule has 8 heteroatoms. The number of benzene rings is 2. The minimum Gasteiger partial charge on any atom is -0.490 e. The summed E-state index contributed by atoms with van der Waals surface area (Å²) in [5, 5.41) is 0.541. The number of nitrogens with zero attached hydrogens (tertiary/aromatic N) is 2. The first-order valence-electron chi connectivity index (χ1n) is 7.67. The Bertz CT molecular complexity index is 1020. The maximum absolute atomic E-state index is 12.5. The average molecular weight is 374 g/mol. The van der Waals surface area contributed by atoms with E-state index in [1.54, 1.807) is 6.07 Å². The molecular weight excluding hydrogens is 360 g/mol. The van der Waals surface area contributed by atoms with Crippen LogP contribution in [0.4, 0.5) is 0 Å². The van der Waals surface area contributed by atoms with Crippen molar-refractivity contribution in [2.45, 2.75) is 11.3 Å². The maximum atomic E-state index is 12.5. The first kappa shape index (κ1) is 16.0. The number of para-hydroxylation sites is 1. The van der Waals surface area contributed by atoms with E-state index in [4.69, 9.17) is 9.47 Å². The van der Waals surface area contributed by atoms with Crippen molar-refractivity contribution in [1.29, 1.82) is 0 Å². The maximum Gasteiger partial charge on any atom is 0.282 e. The average Bonchev–Trinajstić information content (AvgIpc) is 2.89. The standard InChI is InChI=1S/C17H14N2O4S2/c20-25(21,12-6-7-14-15(10-12)23-9-3-8-22-14)18-11-17-19-13-4-1-2-5-16(13)24-17/h1-2,4-7,10-11H,3,8-9H2. The number of aromatic nitrogens is 1. The quantitative estimate of drug-likeness (QED) is 0.658. The molecule has 1 aliphatic rings. The summed E-state index contributed by atoms with van der Waals surface area (Å²) in [7, 11) is -3.84. The molecular formula is C17H14N2O4S2. The summed E-state index contributed by atoms with van der Waals surface area (Å²) in [6.45, 7) is 1.04. The van der Waals surface area contributed by atoms with Crippen molar-refractivity contribution in [3.05, 3.63) is 47.5 Å². The van der Waals surface area contributed by atoms with E-state index in [0.717, 1.165) is 16.6 Å². The van der Waals surface area contributed by atoms with Crippen molar-refractivity contribution in [2.75, 3.05) is 13.2 Å². The molecule has 128 valence electrons. The van der Waals surface area contributed by atoms with E-state index in [0.29, 0.717) is 29.7 Å². The number of sulfonamides is 1. The highest BCUT2D eigenvalue weighted by molar-refractivity contribution is 7.90. The molecule has 6 nitrogen and oxygen atoms in total. The summed E-state index contributed by atoms with van der Waals surface area (Å²) in [5.41, 5.74) is 0.821. The van der Waals surface area contributed by atoms with Crippen LogP contribution in [-0.4, -0.2) is 32.8 Å². The van der Waals surface area contributed by atoms with Crippen LogP contribution < -0.4 is 9.47 Å². The molecule has 0 N–H and O–H groups in total. The zero-order valence-corrected chi connectivity index (χ0v) is 14.7. The van der Waals surface area contributed by atoms with Crippen molar-refractivity contribution in [2.24, 2.45) is 4.40 Å². The van der Waals surface area contributed by atoms with Gasteiger partial charge in [0, 0.05) is 12.5 Å². The molecule has 0 bridgehead atoms. The lowest BCUT2D eigenvalue weighted by Gasteiger charge is -2.08. The van der Waals surface area contributed by atoms with Gasteiger partial charge in [-0.2, -0.15) is 12.8 Å². The molecule has 0 saturated heterocycles. The van der Waals surface area contributed by atoms with E-state index in [1.807, 2.05) is 24.3 Å². The Hall–Kier alpha value is -2.45. The van der Waals surface area contributed by atoms with E-state index in [1.165, 1.54) is 29.7 Å². The molecule has 25 heavy (non-hydrogen) atoms. The predicted molar refractivity (Wildman–Crippen MR) is 96.4 cm³/mol. The third-order valence-corrected chi connectivity index (χ3v) is 5.83. The van der Waals surface area contributed by atoms with Gasteiger partial charge >= 0.3 is 0 Å². The zero-order valence-electron chi connectivity index (χ0n) is 13.1. The number of hydrogen-bond acceptors (Lipinski definition) is 6. The fourth-order valence-electron chi connectivity index (χ4n) is 2.42. The normalized spacial score (nSPS) is 14.7. The third-order valence-electron chi connectivity index (χ3n) is 3.63. The van der Waals surface area contributed by atoms with Gasteiger partial charge in [-0.15, -0.1) is 11.3 Å². The number of fused-ring (bicyclic) bond motifs is 2. The summed E-state index contributed by atoms with van der Waals surface area (Å²) < 4.78 is 40.7. The lowest BCUT2D eigenvalue weighted by molar-refractivity contribution is 0.297. The highest BCUT2D eigenvalue weighted by Gasteiger charge is 2.18. The van der Waals surface area contributed by atoms with E-state index in [9.17, 15) is 8.42 Å². The molecule has 0 saturated carbocycles. The fourth-order valence-corrected chi connectivity index (χ4v) is 4.19. The van der Waals surface area contributed by atoms with Crippen LogP contribution >= 0.6 is 11.3 Å². The summed E-state index contributed by atoms with van der Waals surface area (Å²) >= 11 is 1.39. The van der Waals surface area contributed by atoms with Crippen molar-refractivity contribution in [3.63, 3.8) is 0 Å². The summed E-state index contributed by atoms with van der Waals surface area (Å²) in [5.74, 6) is 0.973. The van der Waals surface area contributed by atoms with Crippen LogP contribution in [-0.2, 0) is 10.0 Å². The molecule has 0 spiro atoms. The van der Waals surface area contributed by atoms with Crippen molar-refractivity contribution in [3.8, 4) is 11.5 Å². The van der Waals surface area contributed by atoms with Gasteiger partial charge in [-0.05, 0) is 24.3 Å². The van der Waals surface area contributed by atoms with Crippen molar-refractivity contribution < 1.29 is 17.9 Å².